The van der Waals surface area contributed by atoms with Crippen LogP contribution in [0.3, 0.4) is 0 Å². The minimum atomic E-state index is -3.67. The molecule has 0 fully saturated rings. The smallest absolute Gasteiger partial charge is 0.249 e. The molecule has 0 aliphatic rings. The fraction of sp³-hybridized carbons (Fsp3) is 0.364. The minimum Gasteiger partial charge on any atom is -0.497 e. The predicted octanol–water partition coefficient (Wildman–Crippen LogP) is 2.44. The zero-order chi connectivity index (χ0) is 24.9. The Kier molecular flexibility index (Phi) is 8.29. The van der Waals surface area contributed by atoms with Crippen molar-refractivity contribution in [3.05, 3.63) is 47.3 Å². The molecule has 3 aromatic rings. The van der Waals surface area contributed by atoms with Gasteiger partial charge < -0.3 is 14.0 Å². The van der Waals surface area contributed by atoms with Gasteiger partial charge in [-0.15, -0.1) is 0 Å². The number of thiazole rings is 1. The van der Waals surface area contributed by atoms with Crippen LogP contribution in [-0.4, -0.2) is 59.6 Å². The number of carbonyl (C=O) groups excluding carboxylic acids is 1. The van der Waals surface area contributed by atoms with Crippen molar-refractivity contribution in [1.82, 2.24) is 4.57 Å². The van der Waals surface area contributed by atoms with Gasteiger partial charge in [0.15, 0.2) is 24.5 Å². The maximum atomic E-state index is 12.6. The molecule has 0 N–H and O–H groups in total. The summed E-state index contributed by atoms with van der Waals surface area (Å²) in [5.74, 6) is -0.438. The molecule has 9 nitrogen and oxygen atoms in total. The molecule has 34 heavy (non-hydrogen) atoms. The van der Waals surface area contributed by atoms with E-state index < -0.39 is 25.6 Å². The third-order valence-electron chi connectivity index (χ3n) is 4.97. The highest BCUT2D eigenvalue weighted by Crippen LogP contribution is 2.22. The quantitative estimate of drug-likeness (QED) is 0.372. The van der Waals surface area contributed by atoms with Gasteiger partial charge in [0.2, 0.25) is 5.91 Å². The molecule has 0 radical (unpaired) electrons. The number of hydrogen-bond acceptors (Lipinski definition) is 8. The van der Waals surface area contributed by atoms with Crippen molar-refractivity contribution in [3.8, 4) is 5.75 Å². The van der Waals surface area contributed by atoms with E-state index in [2.05, 4.69) is 4.99 Å². The van der Waals surface area contributed by atoms with E-state index in [9.17, 15) is 21.6 Å². The molecule has 0 atom stereocenters. The molecule has 1 amide bonds. The molecule has 0 aliphatic heterocycles. The summed E-state index contributed by atoms with van der Waals surface area (Å²) < 4.78 is 61.9. The largest absolute Gasteiger partial charge is 0.497 e. The topological polar surface area (TPSA) is 121 Å². The Bertz CT molecular complexity index is 1450. The Morgan fingerprint density at radius 2 is 1.74 bits per heavy atom. The standard InChI is InChI=1S/C22H26N2O7S3/c1-4-31-13-12-24-19-10-9-18(33(3,26)27)15-20(19)32-22(24)23-21(25)11-14-34(28,29)17-7-5-16(30-2)6-8-17/h5-10,15H,4,11-14H2,1-3H3. The van der Waals surface area contributed by atoms with E-state index in [0.717, 1.165) is 11.8 Å². The second-order valence-electron chi connectivity index (χ2n) is 7.38. The molecule has 0 unspecified atom stereocenters. The summed E-state index contributed by atoms with van der Waals surface area (Å²) in [5.41, 5.74) is 0.717. The van der Waals surface area contributed by atoms with Crippen LogP contribution in [0.5, 0.6) is 5.75 Å². The number of benzene rings is 2. The zero-order valence-electron chi connectivity index (χ0n) is 19.1. The predicted molar refractivity (Wildman–Crippen MR) is 130 cm³/mol. The van der Waals surface area contributed by atoms with Crippen LogP contribution in [0.4, 0.5) is 0 Å². The third-order valence-corrected chi connectivity index (χ3v) is 8.85. The molecular weight excluding hydrogens is 500 g/mol. The number of nitrogens with zero attached hydrogens (tertiary/aromatic N) is 2. The Hall–Kier alpha value is -2.54. The van der Waals surface area contributed by atoms with Gasteiger partial charge in [0.05, 0.1) is 39.5 Å². The number of sulfone groups is 2. The molecule has 0 saturated heterocycles. The molecular formula is C22H26N2O7S3. The highest BCUT2D eigenvalue weighted by Gasteiger charge is 2.17. The normalized spacial score (nSPS) is 12.9. The second-order valence-corrected chi connectivity index (χ2v) is 12.5. The first-order valence-electron chi connectivity index (χ1n) is 10.4. The number of ether oxygens (including phenoxy) is 2. The van der Waals surface area contributed by atoms with Crippen LogP contribution in [-0.2, 0) is 35.8 Å². The van der Waals surface area contributed by atoms with Gasteiger partial charge in [-0.1, -0.05) is 11.3 Å². The number of rotatable bonds is 10. The van der Waals surface area contributed by atoms with Crippen molar-refractivity contribution < 1.29 is 31.1 Å². The van der Waals surface area contributed by atoms with Gasteiger partial charge in [0.25, 0.3) is 0 Å². The first kappa shape index (κ1) is 26.1. The van der Waals surface area contributed by atoms with Crippen LogP contribution in [0.25, 0.3) is 10.2 Å². The summed E-state index contributed by atoms with van der Waals surface area (Å²) in [6.45, 7) is 3.17. The van der Waals surface area contributed by atoms with Gasteiger partial charge in [0, 0.05) is 25.8 Å². The first-order valence-corrected chi connectivity index (χ1v) is 14.8. The monoisotopic (exact) mass is 526 g/mol. The molecule has 1 aromatic heterocycles. The highest BCUT2D eigenvalue weighted by atomic mass is 32.2. The van der Waals surface area contributed by atoms with Crippen molar-refractivity contribution in [1.29, 1.82) is 0 Å². The van der Waals surface area contributed by atoms with Crippen molar-refractivity contribution in [3.63, 3.8) is 0 Å². The average Bonchev–Trinajstić information content (AvgIpc) is 3.13. The molecule has 0 bridgehead atoms. The van der Waals surface area contributed by atoms with E-state index in [0.29, 0.717) is 35.0 Å². The summed E-state index contributed by atoms with van der Waals surface area (Å²) >= 11 is 1.17. The first-order chi connectivity index (χ1) is 16.0. The van der Waals surface area contributed by atoms with E-state index in [-0.39, 0.29) is 22.0 Å². The number of fused-ring (bicyclic) bond motifs is 1. The highest BCUT2D eigenvalue weighted by molar-refractivity contribution is 7.91. The number of hydrogen-bond donors (Lipinski definition) is 0. The van der Waals surface area contributed by atoms with Crippen molar-refractivity contribution in [2.75, 3.05) is 32.3 Å². The molecule has 1 heterocycles. The van der Waals surface area contributed by atoms with Crippen LogP contribution < -0.4 is 9.54 Å². The Morgan fingerprint density at radius 1 is 1.06 bits per heavy atom. The SMILES string of the molecule is CCOCCn1c(=NC(=O)CCS(=O)(=O)c2ccc(OC)cc2)sc2cc(S(C)(=O)=O)ccc21. The van der Waals surface area contributed by atoms with E-state index in [4.69, 9.17) is 9.47 Å². The van der Waals surface area contributed by atoms with Crippen LogP contribution >= 0.6 is 11.3 Å². The van der Waals surface area contributed by atoms with E-state index in [1.807, 2.05) is 6.92 Å². The Morgan fingerprint density at radius 3 is 2.35 bits per heavy atom. The summed E-state index contributed by atoms with van der Waals surface area (Å²) in [6.07, 6.45) is 0.839. The lowest BCUT2D eigenvalue weighted by Gasteiger charge is -2.06. The van der Waals surface area contributed by atoms with Gasteiger partial charge in [-0.3, -0.25) is 4.79 Å². The van der Waals surface area contributed by atoms with E-state index >= 15 is 0 Å². The maximum absolute atomic E-state index is 12.6. The summed E-state index contributed by atoms with van der Waals surface area (Å²) in [4.78, 5) is 17.4. The number of carbonyl (C=O) groups is 1. The van der Waals surface area contributed by atoms with E-state index in [1.54, 1.807) is 28.8 Å². The van der Waals surface area contributed by atoms with Crippen molar-refractivity contribution in [2.24, 2.45) is 4.99 Å². The fourth-order valence-corrected chi connectivity index (χ4v) is 6.24. The maximum Gasteiger partial charge on any atom is 0.249 e. The summed E-state index contributed by atoms with van der Waals surface area (Å²) in [7, 11) is -5.58. The number of aromatic nitrogens is 1. The van der Waals surface area contributed by atoms with Gasteiger partial charge in [0.1, 0.15) is 5.75 Å². The molecule has 184 valence electrons. The van der Waals surface area contributed by atoms with Gasteiger partial charge >= 0.3 is 0 Å². The van der Waals surface area contributed by atoms with Gasteiger partial charge in [-0.2, -0.15) is 4.99 Å². The number of methoxy groups -OCH3 is 1. The van der Waals surface area contributed by atoms with Crippen molar-refractivity contribution in [2.45, 2.75) is 29.7 Å². The molecule has 2 aromatic carbocycles. The van der Waals surface area contributed by atoms with Crippen LogP contribution in [0.1, 0.15) is 13.3 Å². The molecule has 0 spiro atoms. The van der Waals surface area contributed by atoms with Gasteiger partial charge in [-0.25, -0.2) is 16.8 Å². The van der Waals surface area contributed by atoms with Gasteiger partial charge in [-0.05, 0) is 49.4 Å². The van der Waals surface area contributed by atoms with Crippen LogP contribution in [0, 0.1) is 0 Å². The third kappa shape index (κ3) is 6.32. The summed E-state index contributed by atoms with van der Waals surface area (Å²) in [5, 5.41) is 0. The number of amides is 1. The zero-order valence-corrected chi connectivity index (χ0v) is 21.5. The molecule has 12 heteroatoms. The molecule has 0 aliphatic carbocycles. The fourth-order valence-electron chi connectivity index (χ4n) is 3.17. The minimum absolute atomic E-state index is 0.100. The van der Waals surface area contributed by atoms with E-state index in [1.165, 1.54) is 36.6 Å². The lowest BCUT2D eigenvalue weighted by Crippen LogP contribution is -2.20. The van der Waals surface area contributed by atoms with Crippen molar-refractivity contribution >= 4 is 47.1 Å². The molecule has 0 saturated carbocycles. The van der Waals surface area contributed by atoms with Crippen LogP contribution in [0.2, 0.25) is 0 Å². The van der Waals surface area contributed by atoms with Crippen LogP contribution in [0.15, 0.2) is 57.2 Å². The second kappa shape index (κ2) is 10.8. The lowest BCUT2D eigenvalue weighted by atomic mass is 10.3. The summed E-state index contributed by atoms with van der Waals surface area (Å²) in [6, 6.07) is 10.7. The Labute approximate surface area is 202 Å². The average molecular weight is 527 g/mol. The molecule has 3 rings (SSSR count). The lowest BCUT2D eigenvalue weighted by molar-refractivity contribution is -0.117. The Balaban J connectivity index is 1.89.